The highest BCUT2D eigenvalue weighted by Crippen LogP contribution is 2.56. The van der Waals surface area contributed by atoms with Crippen LogP contribution in [-0.2, 0) is 22.6 Å². The number of carbonyl (C=O) groups excluding carboxylic acids is 2. The maximum absolute atomic E-state index is 12.7. The zero-order valence-electron chi connectivity index (χ0n) is 41.0. The number of carbonyl (C=O) groups is 2. The van der Waals surface area contributed by atoms with Crippen LogP contribution in [0.15, 0.2) is 168 Å². The van der Waals surface area contributed by atoms with Gasteiger partial charge in [-0.3, -0.25) is 14.8 Å². The van der Waals surface area contributed by atoms with Crippen molar-refractivity contribution in [3.63, 3.8) is 0 Å². The number of aliphatic imine (C=N–C) groups is 2. The Morgan fingerprint density at radius 3 is 1.45 bits per heavy atom. The second-order valence-electron chi connectivity index (χ2n) is 19.5. The number of para-hydroxylation sites is 2. The molecule has 4 heterocycles. The van der Waals surface area contributed by atoms with Crippen LogP contribution < -0.4 is 24.0 Å². The van der Waals surface area contributed by atoms with E-state index in [-0.39, 0.29) is 31.4 Å². The molecule has 4 aliphatic heterocycles. The zero-order chi connectivity index (χ0) is 51.5. The summed E-state index contributed by atoms with van der Waals surface area (Å²) >= 11 is 16.6. The minimum absolute atomic E-state index is 0. The Labute approximate surface area is 453 Å². The maximum Gasteiger partial charge on any atom is 0.343 e. The molecule has 75 heavy (non-hydrogen) atoms. The van der Waals surface area contributed by atoms with Crippen molar-refractivity contribution in [1.29, 1.82) is 0 Å². The standard InChI is InChI=1S/C30H25ClN2O3.C22H20N2O2.C8H6Cl2O.2CH4/c1-29(2)24-6-4-5-7-25(24)33(3)30(29)18-32-27-23-16-22(14-12-20(23)13-15-26(27)36-30)35-28(34)21-10-8-19(17-31)9-11-21;1-21(2)17-6-4-5-7-18(17)24(3)22(21)13-23-20-16-12-15(25)10-8-14(16)9-11-19(20)26-22;9-5-6-1-3-7(4-2-6)8(10)11;;/h4-16,18H,17H2,1-3H3;4-13,25H,1-3H3;1-4H,5H2;2*1H4. The molecule has 8 aromatic carbocycles. The number of nitrogens with zero attached hydrogens (tertiary/aromatic N) is 4. The van der Waals surface area contributed by atoms with Crippen LogP contribution in [0.2, 0.25) is 0 Å². The molecule has 0 saturated carbocycles. The van der Waals surface area contributed by atoms with Gasteiger partial charge < -0.3 is 29.1 Å². The smallest absolute Gasteiger partial charge is 0.343 e. The zero-order valence-corrected chi connectivity index (χ0v) is 43.3. The van der Waals surface area contributed by atoms with E-state index in [1.807, 2.05) is 80.1 Å². The number of phenolic OH excluding ortho intramolecular Hbond substituents is 1. The number of benzene rings is 8. The fourth-order valence-corrected chi connectivity index (χ4v) is 10.9. The van der Waals surface area contributed by atoms with E-state index in [0.717, 1.165) is 61.2 Å². The first-order valence-electron chi connectivity index (χ1n) is 23.7. The largest absolute Gasteiger partial charge is 0.508 e. The maximum atomic E-state index is 12.7. The van der Waals surface area contributed by atoms with Crippen molar-refractivity contribution in [3.05, 3.63) is 191 Å². The van der Waals surface area contributed by atoms with Crippen LogP contribution in [-0.4, -0.2) is 54.3 Å². The number of esters is 1. The Hall–Kier alpha value is -7.37. The van der Waals surface area contributed by atoms with E-state index in [2.05, 4.69) is 87.0 Å². The number of anilines is 2. The molecule has 0 fully saturated rings. The van der Waals surface area contributed by atoms with Crippen molar-refractivity contribution in [1.82, 2.24) is 0 Å². The van der Waals surface area contributed by atoms with Crippen molar-refractivity contribution in [2.24, 2.45) is 9.98 Å². The third-order valence-electron chi connectivity index (χ3n) is 14.7. The monoisotopic (exact) mass is 1060 g/mol. The molecular formula is C62H59Cl3N4O6. The number of phenols is 1. The van der Waals surface area contributed by atoms with Crippen molar-refractivity contribution in [3.8, 4) is 23.0 Å². The minimum atomic E-state index is -0.753. The van der Waals surface area contributed by atoms with E-state index in [0.29, 0.717) is 34.4 Å². The third-order valence-corrected chi connectivity index (χ3v) is 15.5. The summed E-state index contributed by atoms with van der Waals surface area (Å²) in [6, 6.07) is 49.6. The van der Waals surface area contributed by atoms with Crippen LogP contribution in [0.25, 0.3) is 21.5 Å². The predicted octanol–water partition coefficient (Wildman–Crippen LogP) is 15.9. The Morgan fingerprint density at radius 2 is 1.00 bits per heavy atom. The first-order valence-corrected chi connectivity index (χ1v) is 25.2. The molecule has 13 heteroatoms. The SMILES string of the molecule is C.C.CN1c2ccccc2C(C)(C)C12C=Nc1c(ccc3ccc(O)cc13)O2.CN1c2ccccc2C(C)(C)C12C=Nc1c(ccc3ccc(OC(=O)c4ccc(CCl)cc4)cc13)O2.O=C(Cl)c1ccc(CCl)cc1. The molecule has 0 aromatic heterocycles. The summed E-state index contributed by atoms with van der Waals surface area (Å²) in [5, 5.41) is 13.2. The molecule has 0 bridgehead atoms. The summed E-state index contributed by atoms with van der Waals surface area (Å²) in [6.45, 7) is 8.76. The normalized spacial score (nSPS) is 18.4. The summed E-state index contributed by atoms with van der Waals surface area (Å²) in [5.74, 6) is 2.53. The second-order valence-corrected chi connectivity index (χ2v) is 20.3. The van der Waals surface area contributed by atoms with E-state index in [9.17, 15) is 14.7 Å². The molecule has 2 atom stereocenters. The Bertz CT molecular complexity index is 3540. The summed E-state index contributed by atoms with van der Waals surface area (Å²) in [6.07, 6.45) is 3.82. The van der Waals surface area contributed by atoms with E-state index < -0.39 is 22.7 Å². The fourth-order valence-electron chi connectivity index (χ4n) is 10.4. The minimum Gasteiger partial charge on any atom is -0.508 e. The van der Waals surface area contributed by atoms with Gasteiger partial charge in [0.1, 0.15) is 34.4 Å². The van der Waals surface area contributed by atoms with Gasteiger partial charge in [0.25, 0.3) is 5.24 Å². The number of likely N-dealkylation sites (N-methyl/N-ethyl adjacent to an activating group) is 2. The molecule has 8 aromatic rings. The van der Waals surface area contributed by atoms with E-state index in [4.69, 9.17) is 59.0 Å². The molecule has 2 spiro atoms. The number of hydrogen-bond acceptors (Lipinski definition) is 10. The molecule has 0 saturated heterocycles. The van der Waals surface area contributed by atoms with Gasteiger partial charge in [-0.2, -0.15) is 0 Å². The molecule has 0 radical (unpaired) electrons. The van der Waals surface area contributed by atoms with Crippen LogP contribution in [0.5, 0.6) is 23.0 Å². The number of halogens is 3. The molecule has 4 aliphatic rings. The van der Waals surface area contributed by atoms with Crippen LogP contribution in [0.4, 0.5) is 22.7 Å². The van der Waals surface area contributed by atoms with Gasteiger partial charge in [-0.15, -0.1) is 23.2 Å². The fraction of sp³-hybridized carbons (Fsp3) is 0.226. The summed E-state index contributed by atoms with van der Waals surface area (Å²) in [7, 11) is 4.10. The van der Waals surface area contributed by atoms with Crippen LogP contribution in [0.1, 0.15) is 85.5 Å². The molecule has 12 rings (SSSR count). The molecule has 0 aliphatic carbocycles. The quantitative estimate of drug-likeness (QED) is 0.0785. The van der Waals surface area contributed by atoms with E-state index in [1.165, 1.54) is 11.1 Å². The molecule has 1 N–H and O–H groups in total. The lowest BCUT2D eigenvalue weighted by Gasteiger charge is -2.45. The van der Waals surface area contributed by atoms with Crippen molar-refractivity contribution >= 4 is 103 Å². The highest BCUT2D eigenvalue weighted by molar-refractivity contribution is 6.67. The Morgan fingerprint density at radius 1 is 0.573 bits per heavy atom. The van der Waals surface area contributed by atoms with Crippen LogP contribution >= 0.6 is 34.8 Å². The number of ether oxygens (including phenoxy) is 3. The molecule has 384 valence electrons. The summed E-state index contributed by atoms with van der Waals surface area (Å²) in [4.78, 5) is 37.4. The number of hydrogen-bond donors (Lipinski definition) is 1. The Kier molecular flexibility index (Phi) is 14.9. The van der Waals surface area contributed by atoms with Gasteiger partial charge in [0, 0.05) is 53.6 Å². The number of aromatic hydroxyl groups is 1. The van der Waals surface area contributed by atoms with Gasteiger partial charge in [0.15, 0.2) is 0 Å². The van der Waals surface area contributed by atoms with Crippen molar-refractivity contribution in [2.75, 3.05) is 23.9 Å². The third kappa shape index (κ3) is 9.13. The predicted molar refractivity (Wildman–Crippen MR) is 309 cm³/mol. The van der Waals surface area contributed by atoms with Crippen LogP contribution in [0, 0.1) is 0 Å². The first-order chi connectivity index (χ1) is 35.0. The number of fused-ring (bicyclic) bond motifs is 8. The highest BCUT2D eigenvalue weighted by atomic mass is 35.5. The lowest BCUT2D eigenvalue weighted by Crippen LogP contribution is -2.61. The van der Waals surface area contributed by atoms with Gasteiger partial charge >= 0.3 is 5.97 Å². The van der Waals surface area contributed by atoms with Gasteiger partial charge in [-0.05, 0) is 145 Å². The van der Waals surface area contributed by atoms with Gasteiger partial charge in [-0.25, -0.2) is 4.79 Å². The average molecular weight is 1060 g/mol. The van der Waals surface area contributed by atoms with Crippen molar-refractivity contribution < 1.29 is 28.9 Å². The lowest BCUT2D eigenvalue weighted by atomic mass is 9.77. The average Bonchev–Trinajstić information content (AvgIpc) is 3.68. The van der Waals surface area contributed by atoms with Crippen molar-refractivity contribution in [2.45, 2.75) is 76.6 Å². The van der Waals surface area contributed by atoms with Gasteiger partial charge in [0.2, 0.25) is 11.4 Å². The lowest BCUT2D eigenvalue weighted by molar-refractivity contribution is 0.0734. The second kappa shape index (κ2) is 20.7. The van der Waals surface area contributed by atoms with E-state index >= 15 is 0 Å². The molecule has 10 nitrogen and oxygen atoms in total. The van der Waals surface area contributed by atoms with Crippen LogP contribution in [0.3, 0.4) is 0 Å². The van der Waals surface area contributed by atoms with Gasteiger partial charge in [-0.1, -0.05) is 99.8 Å². The topological polar surface area (TPSA) is 113 Å². The summed E-state index contributed by atoms with van der Waals surface area (Å²) in [5.41, 5.74) is 7.10. The van der Waals surface area contributed by atoms with E-state index in [1.54, 1.807) is 54.6 Å². The first kappa shape index (κ1) is 53.9. The van der Waals surface area contributed by atoms with Gasteiger partial charge in [0.05, 0.1) is 28.8 Å². The number of alkyl halides is 2. The molecule has 0 amide bonds. The summed E-state index contributed by atoms with van der Waals surface area (Å²) < 4.78 is 19.1. The Balaban J connectivity index is 0.000000167. The highest BCUT2D eigenvalue weighted by Gasteiger charge is 2.59. The molecule has 2 unspecified atom stereocenters. The number of rotatable bonds is 5. The molecular weight excluding hydrogens is 1000 g/mol.